The van der Waals surface area contributed by atoms with Gasteiger partial charge in [0, 0.05) is 12.1 Å². The fraction of sp³-hybridized carbons (Fsp3) is 0.846. The molecule has 0 radical (unpaired) electrons. The topological polar surface area (TPSA) is 67.4 Å². The van der Waals surface area contributed by atoms with E-state index in [2.05, 4.69) is 5.32 Å². The van der Waals surface area contributed by atoms with E-state index >= 15 is 0 Å². The second-order valence-electron chi connectivity index (χ2n) is 6.17. The van der Waals surface area contributed by atoms with E-state index < -0.39 is 29.8 Å². The van der Waals surface area contributed by atoms with Gasteiger partial charge in [0.2, 0.25) is 0 Å². The predicted molar refractivity (Wildman–Crippen MR) is 69.6 cm³/mol. The van der Waals surface area contributed by atoms with Crippen molar-refractivity contribution in [1.29, 1.82) is 0 Å². The minimum Gasteiger partial charge on any atom is -0.444 e. The van der Waals surface area contributed by atoms with Gasteiger partial charge in [0.05, 0.1) is 0 Å². The fourth-order valence-corrected chi connectivity index (χ4v) is 2.12. The lowest BCUT2D eigenvalue weighted by molar-refractivity contribution is -0.174. The van der Waals surface area contributed by atoms with Crippen molar-refractivity contribution in [2.75, 3.05) is 0 Å². The Morgan fingerprint density at radius 2 is 1.38 bits per heavy atom. The number of hydrogen-bond acceptors (Lipinski definition) is 3. The SMILES string of the molecule is CC(C)(C)OC(=O)NC1CCC(NC(=O)C(F)(F)F)CC1. The molecule has 0 aliphatic heterocycles. The highest BCUT2D eigenvalue weighted by Gasteiger charge is 2.40. The molecule has 0 spiro atoms. The first kappa shape index (κ1) is 17.6. The molecule has 0 saturated heterocycles. The van der Waals surface area contributed by atoms with E-state index in [1.807, 2.05) is 5.32 Å². The standard InChI is InChI=1S/C13H21F3N2O3/c1-12(2,3)21-11(20)18-9-6-4-8(5-7-9)17-10(19)13(14,15)16/h8-9H,4-7H2,1-3H3,(H,17,19)(H,18,20). The van der Waals surface area contributed by atoms with Crippen molar-refractivity contribution >= 4 is 12.0 Å². The largest absolute Gasteiger partial charge is 0.471 e. The smallest absolute Gasteiger partial charge is 0.444 e. The number of carbonyl (C=O) groups is 2. The Morgan fingerprint density at radius 1 is 0.952 bits per heavy atom. The second kappa shape index (κ2) is 6.53. The monoisotopic (exact) mass is 310 g/mol. The first-order valence-corrected chi connectivity index (χ1v) is 6.84. The van der Waals surface area contributed by atoms with Crippen LogP contribution >= 0.6 is 0 Å². The van der Waals surface area contributed by atoms with Crippen LogP contribution in [0.15, 0.2) is 0 Å². The van der Waals surface area contributed by atoms with Crippen molar-refractivity contribution in [3.8, 4) is 0 Å². The average molecular weight is 310 g/mol. The van der Waals surface area contributed by atoms with Gasteiger partial charge in [-0.3, -0.25) is 4.79 Å². The molecule has 0 aromatic heterocycles. The second-order valence-corrected chi connectivity index (χ2v) is 6.17. The molecule has 0 aromatic rings. The third-order valence-corrected chi connectivity index (χ3v) is 3.04. The maximum atomic E-state index is 12.1. The number of alkyl halides is 3. The summed E-state index contributed by atoms with van der Waals surface area (Å²) in [7, 11) is 0. The van der Waals surface area contributed by atoms with E-state index in [0.717, 1.165) is 0 Å². The Morgan fingerprint density at radius 3 is 1.76 bits per heavy atom. The van der Waals surface area contributed by atoms with Crippen molar-refractivity contribution in [2.24, 2.45) is 0 Å². The van der Waals surface area contributed by atoms with Gasteiger partial charge in [0.15, 0.2) is 0 Å². The lowest BCUT2D eigenvalue weighted by atomic mass is 9.91. The molecule has 1 rings (SSSR count). The normalized spacial score (nSPS) is 23.3. The molecule has 2 amide bonds. The molecular formula is C13H21F3N2O3. The van der Waals surface area contributed by atoms with E-state index in [1.165, 1.54) is 0 Å². The number of ether oxygens (including phenoxy) is 1. The van der Waals surface area contributed by atoms with E-state index in [1.54, 1.807) is 20.8 Å². The minimum atomic E-state index is -4.86. The number of halogens is 3. The highest BCUT2D eigenvalue weighted by atomic mass is 19.4. The third kappa shape index (κ3) is 6.68. The molecule has 0 aromatic carbocycles. The van der Waals surface area contributed by atoms with Gasteiger partial charge in [-0.15, -0.1) is 0 Å². The van der Waals surface area contributed by atoms with Gasteiger partial charge in [-0.05, 0) is 46.5 Å². The number of nitrogens with one attached hydrogen (secondary N) is 2. The van der Waals surface area contributed by atoms with Gasteiger partial charge in [-0.1, -0.05) is 0 Å². The van der Waals surface area contributed by atoms with Crippen molar-refractivity contribution in [3.63, 3.8) is 0 Å². The molecule has 21 heavy (non-hydrogen) atoms. The van der Waals surface area contributed by atoms with E-state index in [0.29, 0.717) is 25.7 Å². The van der Waals surface area contributed by atoms with Crippen molar-refractivity contribution in [1.82, 2.24) is 10.6 Å². The minimum absolute atomic E-state index is 0.140. The molecule has 8 heteroatoms. The van der Waals surface area contributed by atoms with E-state index in [9.17, 15) is 22.8 Å². The summed E-state index contributed by atoms with van der Waals surface area (Å²) in [5.74, 6) is -1.91. The van der Waals surface area contributed by atoms with Crippen LogP contribution < -0.4 is 10.6 Å². The molecule has 1 aliphatic carbocycles. The highest BCUT2D eigenvalue weighted by Crippen LogP contribution is 2.21. The van der Waals surface area contributed by atoms with Crippen LogP contribution in [0.25, 0.3) is 0 Å². The number of amides is 2. The van der Waals surface area contributed by atoms with Gasteiger partial charge in [0.25, 0.3) is 0 Å². The Labute approximate surface area is 121 Å². The molecule has 122 valence electrons. The number of carbonyl (C=O) groups excluding carboxylic acids is 2. The Hall–Kier alpha value is -1.47. The molecule has 2 N–H and O–H groups in total. The Balaban J connectivity index is 2.33. The van der Waals surface area contributed by atoms with Gasteiger partial charge in [0.1, 0.15) is 5.60 Å². The number of rotatable bonds is 2. The van der Waals surface area contributed by atoms with Gasteiger partial charge < -0.3 is 15.4 Å². The quantitative estimate of drug-likeness (QED) is 0.823. The van der Waals surface area contributed by atoms with Gasteiger partial charge in [-0.25, -0.2) is 4.79 Å². The molecule has 0 unspecified atom stereocenters. The zero-order valence-electron chi connectivity index (χ0n) is 12.3. The van der Waals surface area contributed by atoms with Crippen LogP contribution in [0, 0.1) is 0 Å². The van der Waals surface area contributed by atoms with Crippen LogP contribution in [0.3, 0.4) is 0 Å². The summed E-state index contributed by atoms with van der Waals surface area (Å²) in [6.07, 6.45) is -3.61. The zero-order chi connectivity index (χ0) is 16.3. The molecular weight excluding hydrogens is 289 g/mol. The van der Waals surface area contributed by atoms with Crippen LogP contribution in [0.4, 0.5) is 18.0 Å². The summed E-state index contributed by atoms with van der Waals surface area (Å²) in [6, 6.07) is -0.644. The maximum Gasteiger partial charge on any atom is 0.471 e. The summed E-state index contributed by atoms with van der Waals surface area (Å²) < 4.78 is 41.5. The molecule has 0 bridgehead atoms. The molecule has 1 aliphatic rings. The summed E-state index contributed by atoms with van der Waals surface area (Å²) in [5, 5.41) is 4.65. The molecule has 1 fully saturated rings. The maximum absolute atomic E-state index is 12.1. The highest BCUT2D eigenvalue weighted by molar-refractivity contribution is 5.81. The van der Waals surface area contributed by atoms with Crippen molar-refractivity contribution in [3.05, 3.63) is 0 Å². The molecule has 5 nitrogen and oxygen atoms in total. The third-order valence-electron chi connectivity index (χ3n) is 3.04. The van der Waals surface area contributed by atoms with Crippen molar-refractivity contribution in [2.45, 2.75) is 70.3 Å². The number of hydrogen-bond donors (Lipinski definition) is 2. The molecule has 0 heterocycles. The van der Waals surface area contributed by atoms with E-state index in [-0.39, 0.29) is 6.04 Å². The molecule has 1 saturated carbocycles. The number of alkyl carbamates (subject to hydrolysis) is 1. The summed E-state index contributed by atoms with van der Waals surface area (Å²) in [5.41, 5.74) is -0.595. The summed E-state index contributed by atoms with van der Waals surface area (Å²) in [4.78, 5) is 22.4. The Bertz CT molecular complexity index is 383. The van der Waals surface area contributed by atoms with Gasteiger partial charge >= 0.3 is 18.2 Å². The summed E-state index contributed by atoms with van der Waals surface area (Å²) in [6.45, 7) is 5.24. The lowest BCUT2D eigenvalue weighted by Crippen LogP contribution is -2.47. The lowest BCUT2D eigenvalue weighted by Gasteiger charge is -2.30. The first-order chi connectivity index (χ1) is 9.47. The Kier molecular flexibility index (Phi) is 5.47. The molecule has 0 atom stereocenters. The van der Waals surface area contributed by atoms with Crippen LogP contribution in [0.1, 0.15) is 46.5 Å². The first-order valence-electron chi connectivity index (χ1n) is 6.84. The predicted octanol–water partition coefficient (Wildman–Crippen LogP) is 2.50. The van der Waals surface area contributed by atoms with Crippen molar-refractivity contribution < 1.29 is 27.5 Å². The van der Waals surface area contributed by atoms with Crippen LogP contribution in [0.5, 0.6) is 0 Å². The van der Waals surface area contributed by atoms with Gasteiger partial charge in [-0.2, -0.15) is 13.2 Å². The van der Waals surface area contributed by atoms with Crippen LogP contribution in [-0.4, -0.2) is 35.9 Å². The fourth-order valence-electron chi connectivity index (χ4n) is 2.12. The summed E-state index contributed by atoms with van der Waals surface area (Å²) >= 11 is 0. The van der Waals surface area contributed by atoms with Crippen LogP contribution in [0.2, 0.25) is 0 Å². The van der Waals surface area contributed by atoms with Crippen LogP contribution in [-0.2, 0) is 9.53 Å². The van der Waals surface area contributed by atoms with E-state index in [4.69, 9.17) is 4.74 Å². The zero-order valence-corrected chi connectivity index (χ0v) is 12.3. The average Bonchev–Trinajstić information content (AvgIpc) is 2.27.